The van der Waals surface area contributed by atoms with Crippen molar-refractivity contribution in [3.8, 4) is 0 Å². The van der Waals surface area contributed by atoms with E-state index in [2.05, 4.69) is 19.2 Å². The van der Waals surface area contributed by atoms with Crippen LogP contribution in [-0.4, -0.2) is 50.2 Å². The van der Waals surface area contributed by atoms with Crippen molar-refractivity contribution in [2.24, 2.45) is 5.92 Å². The molecule has 0 amide bonds. The number of aliphatic hydroxyl groups is 1. The van der Waals surface area contributed by atoms with Gasteiger partial charge in [-0.1, -0.05) is 13.8 Å². The van der Waals surface area contributed by atoms with Crippen LogP contribution in [0.2, 0.25) is 0 Å². The van der Waals surface area contributed by atoms with Gasteiger partial charge in [-0.3, -0.25) is 0 Å². The Morgan fingerprint density at radius 2 is 1.81 bits per heavy atom. The van der Waals surface area contributed by atoms with E-state index in [-0.39, 0.29) is 0 Å². The fourth-order valence-corrected chi connectivity index (χ4v) is 1.74. The first kappa shape index (κ1) is 13.9. The molecule has 1 aliphatic heterocycles. The second kappa shape index (κ2) is 7.22. The summed E-state index contributed by atoms with van der Waals surface area (Å²) in [6.45, 7) is 8.40. The van der Waals surface area contributed by atoms with Gasteiger partial charge in [0.1, 0.15) is 0 Å². The van der Waals surface area contributed by atoms with Gasteiger partial charge >= 0.3 is 0 Å². The Hall–Kier alpha value is -0.160. The molecule has 4 nitrogen and oxygen atoms in total. The Kier molecular flexibility index (Phi) is 6.28. The molecule has 1 heterocycles. The van der Waals surface area contributed by atoms with Gasteiger partial charge in [0.15, 0.2) is 0 Å². The quantitative estimate of drug-likeness (QED) is 0.636. The molecular formula is C12H25NO3. The van der Waals surface area contributed by atoms with Crippen molar-refractivity contribution < 1.29 is 14.6 Å². The smallest absolute Gasteiger partial charge is 0.0904 e. The lowest BCUT2D eigenvalue weighted by atomic mass is 9.94. The average molecular weight is 231 g/mol. The minimum absolute atomic E-state index is 0.430. The monoisotopic (exact) mass is 231 g/mol. The van der Waals surface area contributed by atoms with Crippen LogP contribution in [0.4, 0.5) is 0 Å². The lowest BCUT2D eigenvalue weighted by Crippen LogP contribution is -2.45. The number of piperidine rings is 1. The van der Waals surface area contributed by atoms with Gasteiger partial charge in [-0.2, -0.15) is 0 Å². The van der Waals surface area contributed by atoms with E-state index >= 15 is 0 Å². The highest BCUT2D eigenvalue weighted by Gasteiger charge is 2.28. The summed E-state index contributed by atoms with van der Waals surface area (Å²) in [7, 11) is 0. The lowest BCUT2D eigenvalue weighted by Gasteiger charge is -2.32. The van der Waals surface area contributed by atoms with Crippen LogP contribution in [0.15, 0.2) is 0 Å². The van der Waals surface area contributed by atoms with Gasteiger partial charge in [0.25, 0.3) is 0 Å². The summed E-state index contributed by atoms with van der Waals surface area (Å²) in [5, 5.41) is 13.3. The first-order valence-electron chi connectivity index (χ1n) is 6.21. The van der Waals surface area contributed by atoms with Crippen LogP contribution in [-0.2, 0) is 9.47 Å². The normalized spacial score (nSPS) is 20.2. The number of hydrogen-bond donors (Lipinski definition) is 2. The average Bonchev–Trinajstić information content (AvgIpc) is 2.24. The second-order valence-corrected chi connectivity index (χ2v) is 5.00. The Labute approximate surface area is 98.3 Å². The summed E-state index contributed by atoms with van der Waals surface area (Å²) >= 11 is 0. The molecular weight excluding hydrogens is 206 g/mol. The van der Waals surface area contributed by atoms with Gasteiger partial charge in [0.05, 0.1) is 25.4 Å². The standard InChI is InChI=1S/C12H25NO3/c1-11(2)9-15-7-8-16-10-12(14)3-5-13-6-4-12/h11,13-14H,3-10H2,1-2H3. The molecule has 0 aromatic rings. The Morgan fingerprint density at radius 1 is 1.19 bits per heavy atom. The van der Waals surface area contributed by atoms with E-state index in [4.69, 9.17) is 9.47 Å². The molecule has 0 unspecified atom stereocenters. The number of rotatable bonds is 7. The maximum atomic E-state index is 10.1. The van der Waals surface area contributed by atoms with E-state index < -0.39 is 5.60 Å². The molecule has 1 saturated heterocycles. The molecule has 0 saturated carbocycles. The summed E-state index contributed by atoms with van der Waals surface area (Å²) in [6, 6.07) is 0. The van der Waals surface area contributed by atoms with Crippen molar-refractivity contribution in [1.29, 1.82) is 0 Å². The molecule has 4 heteroatoms. The molecule has 1 aliphatic rings. The Bertz CT molecular complexity index is 179. The summed E-state index contributed by atoms with van der Waals surface area (Å²) in [6.07, 6.45) is 1.56. The Morgan fingerprint density at radius 3 is 2.44 bits per heavy atom. The third-order valence-corrected chi connectivity index (χ3v) is 2.73. The van der Waals surface area contributed by atoms with Crippen LogP contribution in [0.5, 0.6) is 0 Å². The van der Waals surface area contributed by atoms with Crippen LogP contribution in [0.3, 0.4) is 0 Å². The fourth-order valence-electron chi connectivity index (χ4n) is 1.74. The molecule has 0 aromatic carbocycles. The zero-order chi connectivity index (χ0) is 11.9. The van der Waals surface area contributed by atoms with Crippen molar-refractivity contribution >= 4 is 0 Å². The second-order valence-electron chi connectivity index (χ2n) is 5.00. The van der Waals surface area contributed by atoms with E-state index in [0.717, 1.165) is 32.5 Å². The number of ether oxygens (including phenoxy) is 2. The highest BCUT2D eigenvalue weighted by Crippen LogP contribution is 2.17. The number of hydrogen-bond acceptors (Lipinski definition) is 4. The summed E-state index contributed by atoms with van der Waals surface area (Å²) in [5.41, 5.74) is -0.622. The highest BCUT2D eigenvalue weighted by molar-refractivity contribution is 4.83. The molecule has 0 spiro atoms. The largest absolute Gasteiger partial charge is 0.387 e. The minimum Gasteiger partial charge on any atom is -0.387 e. The van der Waals surface area contributed by atoms with Gasteiger partial charge in [0.2, 0.25) is 0 Å². The molecule has 0 bridgehead atoms. The molecule has 96 valence electrons. The van der Waals surface area contributed by atoms with Gasteiger partial charge in [-0.25, -0.2) is 0 Å². The zero-order valence-electron chi connectivity index (χ0n) is 10.5. The van der Waals surface area contributed by atoms with E-state index in [1.807, 2.05) is 0 Å². The first-order valence-corrected chi connectivity index (χ1v) is 6.21. The molecule has 1 fully saturated rings. The third kappa shape index (κ3) is 5.80. The predicted octanol–water partition coefficient (Wildman–Crippen LogP) is 0.790. The van der Waals surface area contributed by atoms with E-state index in [1.165, 1.54) is 0 Å². The van der Waals surface area contributed by atoms with Crippen molar-refractivity contribution in [3.63, 3.8) is 0 Å². The molecule has 2 N–H and O–H groups in total. The molecule has 1 rings (SSSR count). The molecule has 0 atom stereocenters. The highest BCUT2D eigenvalue weighted by atomic mass is 16.5. The van der Waals surface area contributed by atoms with Crippen LogP contribution >= 0.6 is 0 Å². The van der Waals surface area contributed by atoms with Gasteiger partial charge < -0.3 is 19.9 Å². The maximum Gasteiger partial charge on any atom is 0.0904 e. The molecule has 0 radical (unpaired) electrons. The topological polar surface area (TPSA) is 50.7 Å². The van der Waals surface area contributed by atoms with Crippen molar-refractivity contribution in [2.75, 3.05) is 39.5 Å². The SMILES string of the molecule is CC(C)COCCOCC1(O)CCNCC1. The van der Waals surface area contributed by atoms with E-state index in [1.54, 1.807) is 0 Å². The van der Waals surface area contributed by atoms with Crippen molar-refractivity contribution in [3.05, 3.63) is 0 Å². The molecule has 0 aromatic heterocycles. The van der Waals surface area contributed by atoms with E-state index in [0.29, 0.717) is 25.7 Å². The van der Waals surface area contributed by atoms with Crippen molar-refractivity contribution in [1.82, 2.24) is 5.32 Å². The van der Waals surface area contributed by atoms with Crippen LogP contribution in [0.25, 0.3) is 0 Å². The van der Waals surface area contributed by atoms with Gasteiger partial charge in [0, 0.05) is 6.61 Å². The molecule has 0 aliphatic carbocycles. The van der Waals surface area contributed by atoms with Crippen molar-refractivity contribution in [2.45, 2.75) is 32.3 Å². The number of nitrogens with one attached hydrogen (secondary N) is 1. The predicted molar refractivity (Wildman–Crippen MR) is 63.5 cm³/mol. The van der Waals surface area contributed by atoms with Crippen LogP contribution < -0.4 is 5.32 Å². The Balaban J connectivity index is 1.97. The van der Waals surface area contributed by atoms with Crippen LogP contribution in [0, 0.1) is 5.92 Å². The summed E-state index contributed by atoms with van der Waals surface area (Å²) < 4.78 is 10.9. The fraction of sp³-hybridized carbons (Fsp3) is 1.00. The van der Waals surface area contributed by atoms with E-state index in [9.17, 15) is 5.11 Å². The summed E-state index contributed by atoms with van der Waals surface area (Å²) in [4.78, 5) is 0. The summed E-state index contributed by atoms with van der Waals surface area (Å²) in [5.74, 6) is 0.564. The maximum absolute atomic E-state index is 10.1. The van der Waals surface area contributed by atoms with Gasteiger partial charge in [-0.05, 0) is 31.8 Å². The van der Waals surface area contributed by atoms with Gasteiger partial charge in [-0.15, -0.1) is 0 Å². The molecule has 16 heavy (non-hydrogen) atoms. The third-order valence-electron chi connectivity index (χ3n) is 2.73. The lowest BCUT2D eigenvalue weighted by molar-refractivity contribution is -0.0742. The first-order chi connectivity index (χ1) is 7.62. The van der Waals surface area contributed by atoms with Crippen LogP contribution in [0.1, 0.15) is 26.7 Å². The zero-order valence-corrected chi connectivity index (χ0v) is 10.5. The minimum atomic E-state index is -0.622.